The number of aliphatic hydroxyl groups excluding tert-OH is 1. The summed E-state index contributed by atoms with van der Waals surface area (Å²) in [6.07, 6.45) is 0.855. The molecule has 0 amide bonds. The highest BCUT2D eigenvalue weighted by molar-refractivity contribution is 5.57. The van der Waals surface area contributed by atoms with E-state index in [2.05, 4.69) is 20.6 Å². The maximum Gasteiger partial charge on any atom is 0.135 e. The van der Waals surface area contributed by atoms with Crippen LogP contribution in [0.3, 0.4) is 0 Å². The Morgan fingerprint density at radius 3 is 2.38 bits per heavy atom. The Morgan fingerprint density at radius 2 is 1.88 bits per heavy atom. The second-order valence-electron chi connectivity index (χ2n) is 3.78. The average molecular weight is 224 g/mol. The van der Waals surface area contributed by atoms with Crippen LogP contribution in [-0.2, 0) is 0 Å². The van der Waals surface area contributed by atoms with E-state index < -0.39 is 0 Å². The maximum atomic E-state index is 9.15. The Balaban J connectivity index is 2.98. The van der Waals surface area contributed by atoms with Gasteiger partial charge in [0, 0.05) is 12.6 Å². The first-order valence-electron chi connectivity index (χ1n) is 5.52. The van der Waals surface area contributed by atoms with Crippen molar-refractivity contribution in [1.29, 1.82) is 0 Å². The summed E-state index contributed by atoms with van der Waals surface area (Å²) in [5.41, 5.74) is 0.972. The van der Waals surface area contributed by atoms with E-state index in [4.69, 9.17) is 5.11 Å². The Bertz CT molecular complexity index is 350. The molecular formula is C11H20N4O. The number of nitrogens with one attached hydrogen (secondary N) is 2. The summed E-state index contributed by atoms with van der Waals surface area (Å²) in [6.45, 7) is 5.94. The molecule has 0 aliphatic rings. The van der Waals surface area contributed by atoms with Gasteiger partial charge in [-0.15, -0.1) is 0 Å². The molecule has 1 heterocycles. The summed E-state index contributed by atoms with van der Waals surface area (Å²) in [6, 6.07) is 0.0395. The average Bonchev–Trinajstić information content (AvgIpc) is 2.29. The lowest BCUT2D eigenvalue weighted by Gasteiger charge is -2.18. The largest absolute Gasteiger partial charge is 0.394 e. The molecule has 5 heteroatoms. The molecule has 0 spiro atoms. The number of nitrogens with zero attached hydrogens (tertiary/aromatic N) is 2. The number of hydrogen-bond acceptors (Lipinski definition) is 5. The number of aromatic nitrogens is 2. The number of aryl methyl sites for hydroxylation is 1. The topological polar surface area (TPSA) is 70.1 Å². The van der Waals surface area contributed by atoms with Gasteiger partial charge in [-0.3, -0.25) is 0 Å². The maximum absolute atomic E-state index is 9.15. The number of anilines is 2. The zero-order valence-corrected chi connectivity index (χ0v) is 10.3. The minimum absolute atomic E-state index is 0.0395. The summed E-state index contributed by atoms with van der Waals surface area (Å²) in [5.74, 6) is 2.32. The Labute approximate surface area is 96.3 Å². The monoisotopic (exact) mass is 224 g/mol. The lowest BCUT2D eigenvalue weighted by Crippen LogP contribution is -2.24. The van der Waals surface area contributed by atoms with Crippen LogP contribution in [0.15, 0.2) is 0 Å². The van der Waals surface area contributed by atoms with Crippen LogP contribution in [-0.4, -0.2) is 34.8 Å². The van der Waals surface area contributed by atoms with Gasteiger partial charge in [-0.1, -0.05) is 6.92 Å². The number of hydrogen-bond donors (Lipinski definition) is 3. The molecule has 0 saturated heterocycles. The fourth-order valence-electron chi connectivity index (χ4n) is 1.48. The fraction of sp³-hybridized carbons (Fsp3) is 0.636. The van der Waals surface area contributed by atoms with Gasteiger partial charge < -0.3 is 15.7 Å². The van der Waals surface area contributed by atoms with E-state index in [0.29, 0.717) is 5.82 Å². The molecule has 0 aliphatic carbocycles. The van der Waals surface area contributed by atoms with Crippen LogP contribution >= 0.6 is 0 Å². The first-order valence-corrected chi connectivity index (χ1v) is 5.52. The van der Waals surface area contributed by atoms with Crippen molar-refractivity contribution in [3.8, 4) is 0 Å². The zero-order chi connectivity index (χ0) is 12.1. The second kappa shape index (κ2) is 5.65. The van der Waals surface area contributed by atoms with Crippen LogP contribution in [0.25, 0.3) is 0 Å². The van der Waals surface area contributed by atoms with Crippen LogP contribution in [0, 0.1) is 13.8 Å². The van der Waals surface area contributed by atoms with Gasteiger partial charge in [0.05, 0.1) is 12.6 Å². The normalized spacial score (nSPS) is 12.3. The fourth-order valence-corrected chi connectivity index (χ4v) is 1.48. The molecular weight excluding hydrogens is 204 g/mol. The molecule has 1 atom stereocenters. The third-order valence-electron chi connectivity index (χ3n) is 2.55. The summed E-state index contributed by atoms with van der Waals surface area (Å²) >= 11 is 0. The van der Waals surface area contributed by atoms with Gasteiger partial charge in [-0.25, -0.2) is 9.97 Å². The van der Waals surface area contributed by atoms with Crippen molar-refractivity contribution in [2.24, 2.45) is 0 Å². The van der Waals surface area contributed by atoms with E-state index >= 15 is 0 Å². The van der Waals surface area contributed by atoms with Gasteiger partial charge >= 0.3 is 0 Å². The van der Waals surface area contributed by atoms with E-state index in [-0.39, 0.29) is 12.6 Å². The first-order chi connectivity index (χ1) is 7.62. The van der Waals surface area contributed by atoms with Gasteiger partial charge in [0.2, 0.25) is 0 Å². The number of rotatable bonds is 5. The molecule has 0 aromatic carbocycles. The Kier molecular flexibility index (Phi) is 4.49. The second-order valence-corrected chi connectivity index (χ2v) is 3.78. The zero-order valence-electron chi connectivity index (χ0n) is 10.3. The molecule has 0 aliphatic heterocycles. The smallest absolute Gasteiger partial charge is 0.135 e. The predicted octanol–water partition coefficient (Wildman–Crippen LogP) is 1.32. The molecule has 1 aromatic rings. The summed E-state index contributed by atoms with van der Waals surface area (Å²) in [5, 5.41) is 15.4. The van der Waals surface area contributed by atoms with Crippen molar-refractivity contribution in [2.45, 2.75) is 33.2 Å². The molecule has 5 nitrogen and oxygen atoms in total. The van der Waals surface area contributed by atoms with Gasteiger partial charge in [0.15, 0.2) is 0 Å². The SMILES string of the molecule is CCC(CO)Nc1nc(C)nc(NC)c1C. The minimum Gasteiger partial charge on any atom is -0.394 e. The molecule has 1 rings (SSSR count). The third kappa shape index (κ3) is 2.82. The van der Waals surface area contributed by atoms with E-state index in [1.54, 1.807) is 0 Å². The van der Waals surface area contributed by atoms with E-state index in [1.807, 2.05) is 27.8 Å². The molecule has 90 valence electrons. The van der Waals surface area contributed by atoms with Crippen molar-refractivity contribution in [3.63, 3.8) is 0 Å². The summed E-state index contributed by atoms with van der Waals surface area (Å²) < 4.78 is 0. The van der Waals surface area contributed by atoms with Crippen molar-refractivity contribution in [2.75, 3.05) is 24.3 Å². The molecule has 0 bridgehead atoms. The predicted molar refractivity (Wildman–Crippen MR) is 65.8 cm³/mol. The van der Waals surface area contributed by atoms with Crippen LogP contribution in [0.5, 0.6) is 0 Å². The van der Waals surface area contributed by atoms with Gasteiger partial charge in [-0.05, 0) is 20.3 Å². The van der Waals surface area contributed by atoms with Gasteiger partial charge in [0.1, 0.15) is 17.5 Å². The quantitative estimate of drug-likeness (QED) is 0.703. The van der Waals surface area contributed by atoms with E-state index in [9.17, 15) is 0 Å². The lowest BCUT2D eigenvalue weighted by molar-refractivity contribution is 0.271. The standard InChI is InChI=1S/C11H20N4O/c1-5-9(6-16)15-11-7(2)10(12-4)13-8(3)14-11/h9,16H,5-6H2,1-4H3,(H2,12,13,14,15). The van der Waals surface area contributed by atoms with E-state index in [1.165, 1.54) is 0 Å². The minimum atomic E-state index is 0.0395. The molecule has 0 saturated carbocycles. The Morgan fingerprint density at radius 1 is 1.25 bits per heavy atom. The third-order valence-corrected chi connectivity index (χ3v) is 2.55. The van der Waals surface area contributed by atoms with Gasteiger partial charge in [-0.2, -0.15) is 0 Å². The van der Waals surface area contributed by atoms with Crippen molar-refractivity contribution in [1.82, 2.24) is 9.97 Å². The lowest BCUT2D eigenvalue weighted by atomic mass is 10.2. The molecule has 3 N–H and O–H groups in total. The van der Waals surface area contributed by atoms with Crippen molar-refractivity contribution >= 4 is 11.6 Å². The summed E-state index contributed by atoms with van der Waals surface area (Å²) in [7, 11) is 1.84. The highest BCUT2D eigenvalue weighted by Crippen LogP contribution is 2.20. The molecule has 16 heavy (non-hydrogen) atoms. The van der Waals surface area contributed by atoms with Crippen molar-refractivity contribution in [3.05, 3.63) is 11.4 Å². The van der Waals surface area contributed by atoms with Crippen LogP contribution < -0.4 is 10.6 Å². The summed E-state index contributed by atoms with van der Waals surface area (Å²) in [4.78, 5) is 8.63. The highest BCUT2D eigenvalue weighted by Gasteiger charge is 2.11. The van der Waals surface area contributed by atoms with Crippen molar-refractivity contribution < 1.29 is 5.11 Å². The molecule has 0 fully saturated rings. The van der Waals surface area contributed by atoms with Crippen LogP contribution in [0.2, 0.25) is 0 Å². The van der Waals surface area contributed by atoms with Gasteiger partial charge in [0.25, 0.3) is 0 Å². The highest BCUT2D eigenvalue weighted by atomic mass is 16.3. The number of aliphatic hydroxyl groups is 1. The molecule has 1 unspecified atom stereocenters. The Hall–Kier alpha value is -1.36. The van der Waals surface area contributed by atoms with Crippen LogP contribution in [0.1, 0.15) is 24.7 Å². The molecule has 0 radical (unpaired) electrons. The molecule has 1 aromatic heterocycles. The first kappa shape index (κ1) is 12.7. The van der Waals surface area contributed by atoms with Crippen LogP contribution in [0.4, 0.5) is 11.6 Å². The van der Waals surface area contributed by atoms with E-state index in [0.717, 1.165) is 23.6 Å².